The molecule has 0 unspecified atom stereocenters. The summed E-state index contributed by atoms with van der Waals surface area (Å²) in [6, 6.07) is 28.6. The number of likely N-dealkylation sites (N-methyl/N-ethyl adjacent to an activating group) is 1. The van der Waals surface area contributed by atoms with E-state index in [1.54, 1.807) is 30.3 Å². The van der Waals surface area contributed by atoms with Gasteiger partial charge in [0.2, 0.25) is 11.8 Å². The lowest BCUT2D eigenvalue weighted by Gasteiger charge is -2.34. The van der Waals surface area contributed by atoms with Crippen LogP contribution in [0, 0.1) is 6.92 Å². The molecule has 1 N–H and O–H groups in total. The number of amides is 2. The lowest BCUT2D eigenvalue weighted by molar-refractivity contribution is -0.139. The largest absolute Gasteiger partial charge is 0.493 e. The molecule has 4 aromatic rings. The SMILES string of the molecule is CNC(=O)[C@H](Cc1ccccc1)N(Cc1ccccc1C)C(=O)CN(c1ccc(OC)c(OC)c1)S(=O)(=O)c1ccccc1. The molecule has 44 heavy (non-hydrogen) atoms. The first-order valence-corrected chi connectivity index (χ1v) is 15.5. The summed E-state index contributed by atoms with van der Waals surface area (Å²) in [7, 11) is 0.220. The number of rotatable bonds is 13. The number of benzene rings is 4. The monoisotopic (exact) mass is 615 g/mol. The van der Waals surface area contributed by atoms with E-state index in [1.165, 1.54) is 44.4 Å². The first kappa shape index (κ1) is 32.1. The normalized spacial score (nSPS) is 11.7. The number of aryl methyl sites for hydroxylation is 1. The molecule has 0 bridgehead atoms. The zero-order chi connectivity index (χ0) is 31.7. The Morgan fingerprint density at radius 2 is 1.43 bits per heavy atom. The predicted molar refractivity (Wildman–Crippen MR) is 170 cm³/mol. The first-order chi connectivity index (χ1) is 21.2. The summed E-state index contributed by atoms with van der Waals surface area (Å²) >= 11 is 0. The zero-order valence-corrected chi connectivity index (χ0v) is 26.1. The van der Waals surface area contributed by atoms with Crippen molar-refractivity contribution >= 4 is 27.5 Å². The van der Waals surface area contributed by atoms with E-state index in [0.29, 0.717) is 11.5 Å². The van der Waals surface area contributed by atoms with Crippen molar-refractivity contribution in [2.24, 2.45) is 0 Å². The van der Waals surface area contributed by atoms with Gasteiger partial charge in [-0.3, -0.25) is 13.9 Å². The van der Waals surface area contributed by atoms with Gasteiger partial charge in [-0.25, -0.2) is 8.42 Å². The second kappa shape index (κ2) is 14.6. The van der Waals surface area contributed by atoms with Gasteiger partial charge in [0.15, 0.2) is 11.5 Å². The molecule has 4 aromatic carbocycles. The quantitative estimate of drug-likeness (QED) is 0.236. The Hall–Kier alpha value is -4.83. The van der Waals surface area contributed by atoms with Crippen LogP contribution in [-0.4, -0.2) is 59.0 Å². The Morgan fingerprint density at radius 3 is 2.05 bits per heavy atom. The average molecular weight is 616 g/mol. The highest BCUT2D eigenvalue weighted by molar-refractivity contribution is 7.92. The number of sulfonamides is 1. The highest BCUT2D eigenvalue weighted by atomic mass is 32.2. The molecule has 0 aromatic heterocycles. The molecule has 0 aliphatic rings. The Labute approximate surface area is 259 Å². The van der Waals surface area contributed by atoms with E-state index in [1.807, 2.05) is 61.5 Å². The molecule has 4 rings (SSSR count). The van der Waals surface area contributed by atoms with Crippen molar-refractivity contribution in [2.45, 2.75) is 30.8 Å². The Kier molecular flexibility index (Phi) is 10.6. The van der Waals surface area contributed by atoms with E-state index in [2.05, 4.69) is 5.32 Å². The highest BCUT2D eigenvalue weighted by Crippen LogP contribution is 2.34. The summed E-state index contributed by atoms with van der Waals surface area (Å²) in [5.41, 5.74) is 2.84. The number of nitrogens with one attached hydrogen (secondary N) is 1. The molecule has 9 nitrogen and oxygen atoms in total. The molecule has 0 aliphatic carbocycles. The fourth-order valence-corrected chi connectivity index (χ4v) is 6.35. The van der Waals surface area contributed by atoms with Gasteiger partial charge in [0.1, 0.15) is 12.6 Å². The van der Waals surface area contributed by atoms with E-state index in [0.717, 1.165) is 21.0 Å². The minimum atomic E-state index is -4.23. The third kappa shape index (κ3) is 7.38. The van der Waals surface area contributed by atoms with Crippen LogP contribution in [0.2, 0.25) is 0 Å². The third-order valence-electron chi connectivity index (χ3n) is 7.38. The average Bonchev–Trinajstić information content (AvgIpc) is 3.06. The number of nitrogens with zero attached hydrogens (tertiary/aromatic N) is 2. The molecule has 230 valence electrons. The molecule has 2 amide bonds. The Morgan fingerprint density at radius 1 is 0.818 bits per heavy atom. The fraction of sp³-hybridized carbons (Fsp3) is 0.235. The van der Waals surface area contributed by atoms with Gasteiger partial charge in [-0.15, -0.1) is 0 Å². The van der Waals surface area contributed by atoms with E-state index >= 15 is 0 Å². The molecule has 0 spiro atoms. The standard InChI is InChI=1S/C34H37N3O6S/c1-25-13-11-12-16-27(25)23-36(30(34(39)35-2)21-26-14-7-5-8-15-26)33(38)24-37(44(40,41)29-17-9-6-10-18-29)28-19-20-31(42-3)32(22-28)43-4/h5-20,22,30H,21,23-24H2,1-4H3,(H,35,39)/t30-/m0/s1. The number of ether oxygens (including phenoxy) is 2. The molecular formula is C34H37N3O6S. The van der Waals surface area contributed by atoms with Crippen molar-refractivity contribution in [1.29, 1.82) is 0 Å². The maximum Gasteiger partial charge on any atom is 0.264 e. The van der Waals surface area contributed by atoms with Crippen LogP contribution in [-0.2, 0) is 32.6 Å². The van der Waals surface area contributed by atoms with Crippen molar-refractivity contribution in [3.05, 3.63) is 120 Å². The van der Waals surface area contributed by atoms with Crippen molar-refractivity contribution in [1.82, 2.24) is 10.2 Å². The van der Waals surface area contributed by atoms with Gasteiger partial charge in [0, 0.05) is 26.1 Å². The van der Waals surface area contributed by atoms with Crippen LogP contribution in [0.15, 0.2) is 108 Å². The molecule has 1 atom stereocenters. The number of anilines is 1. The maximum atomic E-state index is 14.4. The van der Waals surface area contributed by atoms with Crippen LogP contribution < -0.4 is 19.1 Å². The smallest absolute Gasteiger partial charge is 0.264 e. The van der Waals surface area contributed by atoms with Gasteiger partial charge in [-0.1, -0.05) is 72.8 Å². The lowest BCUT2D eigenvalue weighted by atomic mass is 10.0. The Balaban J connectivity index is 1.83. The van der Waals surface area contributed by atoms with Crippen molar-refractivity contribution in [3.8, 4) is 11.5 Å². The van der Waals surface area contributed by atoms with E-state index in [4.69, 9.17) is 9.47 Å². The minimum Gasteiger partial charge on any atom is -0.493 e. The first-order valence-electron chi connectivity index (χ1n) is 14.1. The summed E-state index contributed by atoms with van der Waals surface area (Å²) in [5.74, 6) is -0.204. The summed E-state index contributed by atoms with van der Waals surface area (Å²) in [6.07, 6.45) is 0.236. The molecule has 0 radical (unpaired) electrons. The highest BCUT2D eigenvalue weighted by Gasteiger charge is 2.34. The van der Waals surface area contributed by atoms with Crippen LogP contribution >= 0.6 is 0 Å². The number of methoxy groups -OCH3 is 2. The van der Waals surface area contributed by atoms with Gasteiger partial charge in [0.25, 0.3) is 10.0 Å². The van der Waals surface area contributed by atoms with Gasteiger partial charge in [-0.05, 0) is 47.9 Å². The second-order valence-corrected chi connectivity index (χ2v) is 12.0. The maximum absolute atomic E-state index is 14.4. The molecule has 0 saturated carbocycles. The molecule has 0 aliphatic heterocycles. The molecule has 0 heterocycles. The topological polar surface area (TPSA) is 105 Å². The van der Waals surface area contributed by atoms with E-state index in [-0.39, 0.29) is 29.5 Å². The van der Waals surface area contributed by atoms with Gasteiger partial charge in [0.05, 0.1) is 24.8 Å². The van der Waals surface area contributed by atoms with Gasteiger partial charge < -0.3 is 19.7 Å². The number of hydrogen-bond donors (Lipinski definition) is 1. The van der Waals surface area contributed by atoms with Crippen LogP contribution in [0.3, 0.4) is 0 Å². The van der Waals surface area contributed by atoms with Crippen molar-refractivity contribution < 1.29 is 27.5 Å². The van der Waals surface area contributed by atoms with Crippen LogP contribution in [0.1, 0.15) is 16.7 Å². The second-order valence-electron chi connectivity index (χ2n) is 10.1. The minimum absolute atomic E-state index is 0.0141. The van der Waals surface area contributed by atoms with Crippen LogP contribution in [0.25, 0.3) is 0 Å². The van der Waals surface area contributed by atoms with Crippen molar-refractivity contribution in [3.63, 3.8) is 0 Å². The molecule has 0 saturated heterocycles. The molecule has 10 heteroatoms. The summed E-state index contributed by atoms with van der Waals surface area (Å²) in [5, 5.41) is 2.69. The number of hydrogen-bond acceptors (Lipinski definition) is 6. The fourth-order valence-electron chi connectivity index (χ4n) is 4.92. The summed E-state index contributed by atoms with van der Waals surface area (Å²) in [6.45, 7) is 1.46. The predicted octanol–water partition coefficient (Wildman–Crippen LogP) is 4.59. The van der Waals surface area contributed by atoms with Crippen molar-refractivity contribution in [2.75, 3.05) is 32.1 Å². The zero-order valence-electron chi connectivity index (χ0n) is 25.3. The molecular weight excluding hydrogens is 578 g/mol. The summed E-state index contributed by atoms with van der Waals surface area (Å²) < 4.78 is 40.1. The third-order valence-corrected chi connectivity index (χ3v) is 9.17. The van der Waals surface area contributed by atoms with E-state index in [9.17, 15) is 18.0 Å². The Bertz CT molecular complexity index is 1680. The van der Waals surface area contributed by atoms with E-state index < -0.39 is 28.5 Å². The number of carbonyl (C=O) groups excluding carboxylic acids is 2. The summed E-state index contributed by atoms with van der Waals surface area (Å²) in [4.78, 5) is 29.3. The number of carbonyl (C=O) groups is 2. The van der Waals surface area contributed by atoms with Gasteiger partial charge >= 0.3 is 0 Å². The molecule has 0 fully saturated rings. The van der Waals surface area contributed by atoms with Gasteiger partial charge in [-0.2, -0.15) is 0 Å². The van der Waals surface area contributed by atoms with Crippen LogP contribution in [0.5, 0.6) is 11.5 Å². The lowest BCUT2D eigenvalue weighted by Crippen LogP contribution is -2.53. The van der Waals surface area contributed by atoms with Crippen LogP contribution in [0.4, 0.5) is 5.69 Å².